The largest absolute Gasteiger partial charge is 0.496 e. The summed E-state index contributed by atoms with van der Waals surface area (Å²) >= 11 is 0. The highest BCUT2D eigenvalue weighted by Gasteiger charge is 2.33. The van der Waals surface area contributed by atoms with Gasteiger partial charge in [-0.1, -0.05) is 38.2 Å². The van der Waals surface area contributed by atoms with E-state index in [-0.39, 0.29) is 24.8 Å². The summed E-state index contributed by atoms with van der Waals surface area (Å²) in [6.45, 7) is 15.3. The van der Waals surface area contributed by atoms with Crippen LogP contribution in [0.4, 0.5) is 0 Å². The van der Waals surface area contributed by atoms with Gasteiger partial charge in [-0.3, -0.25) is 4.57 Å². The van der Waals surface area contributed by atoms with Crippen molar-refractivity contribution in [3.05, 3.63) is 33.9 Å². The van der Waals surface area contributed by atoms with Crippen LogP contribution in [0.3, 0.4) is 0 Å². The molecule has 0 saturated carbocycles. The topological polar surface area (TPSA) is 91.3 Å². The maximum atomic E-state index is 12.6. The number of benzene rings is 1. The molecule has 2 rings (SSSR count). The molecule has 35 heavy (non-hydrogen) atoms. The van der Waals surface area contributed by atoms with Crippen molar-refractivity contribution in [2.24, 2.45) is 0 Å². The van der Waals surface area contributed by atoms with Crippen molar-refractivity contribution in [3.8, 4) is 11.5 Å². The zero-order valence-corrected chi connectivity index (χ0v) is 24.5. The summed E-state index contributed by atoms with van der Waals surface area (Å²) < 4.78 is 34.9. The van der Waals surface area contributed by atoms with E-state index in [0.717, 1.165) is 34.1 Å². The van der Waals surface area contributed by atoms with Crippen LogP contribution >= 0.6 is 7.60 Å². The van der Waals surface area contributed by atoms with Crippen LogP contribution in [0, 0.1) is 6.92 Å². The maximum absolute atomic E-state index is 12.6. The Bertz CT molecular complexity index is 981. The standard InChI is InChI=1S/C26H43O7PSi/c1-9-19(3)33-34(28,29)15-10-11-18(2)12-13-21-24(30-5)20(4)22-17-32-26(27)23(22)25(21)31-14-16-35(6,7)8/h12,19H,9-11,13-17H2,1-8H3,(H,28,29). The first kappa shape index (κ1) is 29.6. The van der Waals surface area contributed by atoms with Crippen LogP contribution in [-0.2, 0) is 26.9 Å². The van der Waals surface area contributed by atoms with E-state index in [4.69, 9.17) is 18.7 Å². The van der Waals surface area contributed by atoms with Crippen LogP contribution in [0.5, 0.6) is 11.5 Å². The second kappa shape index (κ2) is 12.6. The molecule has 2 unspecified atom stereocenters. The molecule has 0 spiro atoms. The van der Waals surface area contributed by atoms with Crippen LogP contribution < -0.4 is 9.47 Å². The number of esters is 1. The molecule has 0 radical (unpaired) electrons. The zero-order valence-electron chi connectivity index (χ0n) is 22.7. The molecule has 9 heteroatoms. The lowest BCUT2D eigenvalue weighted by Gasteiger charge is -2.21. The number of methoxy groups -OCH3 is 1. The molecule has 1 aromatic carbocycles. The summed E-state index contributed by atoms with van der Waals surface area (Å²) in [5.74, 6) is 0.931. The van der Waals surface area contributed by atoms with Crippen LogP contribution in [0.25, 0.3) is 0 Å². The molecule has 0 aromatic heterocycles. The van der Waals surface area contributed by atoms with Gasteiger partial charge in [-0.15, -0.1) is 0 Å². The fraction of sp³-hybridized carbons (Fsp3) is 0.654. The Morgan fingerprint density at radius 2 is 1.97 bits per heavy atom. The number of ether oxygens (including phenoxy) is 3. The quantitative estimate of drug-likeness (QED) is 0.125. The number of hydrogen-bond donors (Lipinski definition) is 1. The lowest BCUT2D eigenvalue weighted by molar-refractivity contribution is 0.0532. The molecule has 0 fully saturated rings. The summed E-state index contributed by atoms with van der Waals surface area (Å²) in [6.07, 6.45) is 4.42. The van der Waals surface area contributed by atoms with Gasteiger partial charge < -0.3 is 23.6 Å². The van der Waals surface area contributed by atoms with Crippen LogP contribution in [-0.4, -0.2) is 44.9 Å². The number of fused-ring (bicyclic) bond motifs is 1. The predicted molar refractivity (Wildman–Crippen MR) is 143 cm³/mol. The molecule has 0 bridgehead atoms. The number of cyclic esters (lactones) is 1. The zero-order chi connectivity index (χ0) is 26.4. The molecule has 0 saturated heterocycles. The normalized spacial score (nSPS) is 16.5. The van der Waals surface area contributed by atoms with Crippen molar-refractivity contribution >= 4 is 21.6 Å². The monoisotopic (exact) mass is 526 g/mol. The van der Waals surface area contributed by atoms with Crippen LogP contribution in [0.2, 0.25) is 25.7 Å². The summed E-state index contributed by atoms with van der Waals surface area (Å²) in [5, 5.41) is 0. The fourth-order valence-corrected chi connectivity index (χ4v) is 6.06. The summed E-state index contributed by atoms with van der Waals surface area (Å²) in [5.41, 5.74) is 4.17. The van der Waals surface area contributed by atoms with E-state index in [1.165, 1.54) is 0 Å². The highest BCUT2D eigenvalue weighted by Crippen LogP contribution is 2.45. The summed E-state index contributed by atoms with van der Waals surface area (Å²) in [7, 11) is -3.27. The van der Waals surface area contributed by atoms with E-state index >= 15 is 0 Å². The Hall–Kier alpha value is -1.60. The Morgan fingerprint density at radius 1 is 1.29 bits per heavy atom. The molecule has 1 N–H and O–H groups in total. The second-order valence-corrected chi connectivity index (χ2v) is 18.2. The number of allylic oxidation sites excluding steroid dienone is 2. The maximum Gasteiger partial charge on any atom is 0.342 e. The molecule has 0 aliphatic carbocycles. The predicted octanol–water partition coefficient (Wildman–Crippen LogP) is 6.66. The molecule has 198 valence electrons. The van der Waals surface area contributed by atoms with Crippen molar-refractivity contribution < 1.29 is 33.0 Å². The van der Waals surface area contributed by atoms with E-state index in [0.29, 0.717) is 43.6 Å². The van der Waals surface area contributed by atoms with Gasteiger partial charge in [0.25, 0.3) is 0 Å². The van der Waals surface area contributed by atoms with Gasteiger partial charge in [-0.25, -0.2) is 4.79 Å². The van der Waals surface area contributed by atoms with Gasteiger partial charge in [0.05, 0.1) is 26.0 Å². The van der Waals surface area contributed by atoms with E-state index in [2.05, 4.69) is 25.7 Å². The minimum atomic E-state index is -3.58. The van der Waals surface area contributed by atoms with Gasteiger partial charge in [0, 0.05) is 19.2 Å². The van der Waals surface area contributed by atoms with Gasteiger partial charge >= 0.3 is 13.6 Å². The van der Waals surface area contributed by atoms with Gasteiger partial charge in [0.15, 0.2) is 0 Å². The van der Waals surface area contributed by atoms with Gasteiger partial charge in [0.2, 0.25) is 0 Å². The van der Waals surface area contributed by atoms with Crippen molar-refractivity contribution in [1.82, 2.24) is 0 Å². The molecule has 7 nitrogen and oxygen atoms in total. The van der Waals surface area contributed by atoms with Gasteiger partial charge in [-0.05, 0) is 58.1 Å². The van der Waals surface area contributed by atoms with Crippen molar-refractivity contribution in [2.75, 3.05) is 19.9 Å². The van der Waals surface area contributed by atoms with Crippen molar-refractivity contribution in [3.63, 3.8) is 0 Å². The van der Waals surface area contributed by atoms with Crippen LogP contribution in [0.1, 0.15) is 67.1 Å². The number of carbonyl (C=O) groups is 1. The molecular weight excluding hydrogens is 483 g/mol. The Labute approximate surface area is 211 Å². The molecule has 1 aliphatic heterocycles. The van der Waals surface area contributed by atoms with E-state index in [1.807, 2.05) is 20.8 Å². The highest BCUT2D eigenvalue weighted by atomic mass is 31.2. The summed E-state index contributed by atoms with van der Waals surface area (Å²) in [6, 6.07) is 0.973. The number of carbonyl (C=O) groups excluding carboxylic acids is 1. The number of hydrogen-bond acceptors (Lipinski definition) is 6. The van der Waals surface area contributed by atoms with Gasteiger partial charge in [0.1, 0.15) is 23.7 Å². The first-order valence-electron chi connectivity index (χ1n) is 12.5. The average Bonchev–Trinajstić information content (AvgIpc) is 3.14. The minimum absolute atomic E-state index is 0.126. The van der Waals surface area contributed by atoms with Crippen molar-refractivity contribution in [1.29, 1.82) is 0 Å². The summed E-state index contributed by atoms with van der Waals surface area (Å²) in [4.78, 5) is 22.7. The molecule has 1 aromatic rings. The molecule has 2 atom stereocenters. The Balaban J connectivity index is 2.24. The van der Waals surface area contributed by atoms with Crippen molar-refractivity contribution in [2.45, 2.75) is 91.8 Å². The van der Waals surface area contributed by atoms with Gasteiger partial charge in [-0.2, -0.15) is 0 Å². The van der Waals surface area contributed by atoms with E-state index < -0.39 is 15.7 Å². The Kier molecular flexibility index (Phi) is 10.6. The fourth-order valence-electron chi connectivity index (χ4n) is 3.97. The smallest absolute Gasteiger partial charge is 0.342 e. The molecule has 0 amide bonds. The third-order valence-electron chi connectivity index (χ3n) is 6.31. The lowest BCUT2D eigenvalue weighted by atomic mass is 9.94. The first-order chi connectivity index (χ1) is 16.3. The second-order valence-electron chi connectivity index (χ2n) is 10.6. The first-order valence-corrected chi connectivity index (χ1v) is 17.9. The third kappa shape index (κ3) is 8.48. The third-order valence-corrected chi connectivity index (χ3v) is 9.59. The molecular formula is C26H43O7PSi. The Morgan fingerprint density at radius 3 is 2.57 bits per heavy atom. The lowest BCUT2D eigenvalue weighted by Crippen LogP contribution is -2.23. The van der Waals surface area contributed by atoms with Crippen LogP contribution in [0.15, 0.2) is 11.6 Å². The number of rotatable bonds is 14. The molecule has 1 aliphatic rings. The minimum Gasteiger partial charge on any atom is -0.496 e. The van der Waals surface area contributed by atoms with E-state index in [1.54, 1.807) is 14.0 Å². The average molecular weight is 527 g/mol. The van der Waals surface area contributed by atoms with E-state index in [9.17, 15) is 14.3 Å². The highest BCUT2D eigenvalue weighted by molar-refractivity contribution is 7.52. The SMILES string of the molecule is CCC(C)OP(=O)(O)CCCC(C)=CCc1c(OC)c(C)c2c(c1OCC[Si](C)(C)C)C(=O)OC2. The molecule has 1 heterocycles.